The molecule has 0 aliphatic carbocycles. The summed E-state index contributed by atoms with van der Waals surface area (Å²) in [5.41, 5.74) is 0.744. The summed E-state index contributed by atoms with van der Waals surface area (Å²) in [4.78, 5) is 23.8. The summed E-state index contributed by atoms with van der Waals surface area (Å²) in [7, 11) is 0. The number of halogens is 1. The van der Waals surface area contributed by atoms with Gasteiger partial charge in [-0.15, -0.1) is 11.8 Å². The molecular weight excluding hydrogens is 346 g/mol. The fourth-order valence-electron chi connectivity index (χ4n) is 2.72. The Morgan fingerprint density at radius 2 is 2.08 bits per heavy atom. The van der Waals surface area contributed by atoms with Crippen LogP contribution in [0.5, 0.6) is 6.01 Å². The molecule has 1 atom stereocenters. The van der Waals surface area contributed by atoms with Crippen molar-refractivity contribution in [2.45, 2.75) is 23.8 Å². The van der Waals surface area contributed by atoms with E-state index in [4.69, 9.17) is 16.3 Å². The highest BCUT2D eigenvalue weighted by Crippen LogP contribution is 2.24. The summed E-state index contributed by atoms with van der Waals surface area (Å²) >= 11 is 7.36. The van der Waals surface area contributed by atoms with E-state index < -0.39 is 0 Å². The molecule has 0 saturated carbocycles. The predicted molar refractivity (Wildman–Crippen MR) is 94.8 cm³/mol. The maximum absolute atomic E-state index is 12.8. The van der Waals surface area contributed by atoms with Crippen molar-refractivity contribution in [3.63, 3.8) is 0 Å². The van der Waals surface area contributed by atoms with Crippen LogP contribution in [0.25, 0.3) is 0 Å². The van der Waals surface area contributed by atoms with Crippen molar-refractivity contribution in [1.82, 2.24) is 14.9 Å². The number of hydrogen-bond acceptors (Lipinski definition) is 5. The number of nitrogens with zero attached hydrogens (tertiary/aromatic N) is 3. The van der Waals surface area contributed by atoms with E-state index in [9.17, 15) is 4.79 Å². The molecule has 0 N–H and O–H groups in total. The van der Waals surface area contributed by atoms with E-state index in [0.29, 0.717) is 17.6 Å². The second kappa shape index (κ2) is 7.85. The van der Waals surface area contributed by atoms with Gasteiger partial charge in [0.25, 0.3) is 5.91 Å². The highest BCUT2D eigenvalue weighted by molar-refractivity contribution is 7.98. The van der Waals surface area contributed by atoms with Gasteiger partial charge in [-0.05, 0) is 31.2 Å². The largest absolute Gasteiger partial charge is 0.458 e. The summed E-state index contributed by atoms with van der Waals surface area (Å²) in [6.45, 7) is 1.27. The molecule has 2 aromatic rings. The second-order valence-electron chi connectivity index (χ2n) is 5.52. The summed E-state index contributed by atoms with van der Waals surface area (Å²) in [6, 6.07) is 7.98. The minimum Gasteiger partial charge on any atom is -0.458 e. The monoisotopic (exact) mass is 363 g/mol. The van der Waals surface area contributed by atoms with Crippen molar-refractivity contribution >= 4 is 29.3 Å². The number of amides is 1. The first-order chi connectivity index (χ1) is 11.7. The number of likely N-dealkylation sites (tertiary alicyclic amines) is 1. The van der Waals surface area contributed by atoms with Crippen molar-refractivity contribution in [3.8, 4) is 6.01 Å². The summed E-state index contributed by atoms with van der Waals surface area (Å²) in [6.07, 6.45) is 6.65. The fourth-order valence-corrected chi connectivity index (χ4v) is 3.41. The number of hydrogen-bond donors (Lipinski definition) is 0. The van der Waals surface area contributed by atoms with Crippen LogP contribution in [-0.4, -0.2) is 46.2 Å². The lowest BCUT2D eigenvalue weighted by molar-refractivity contribution is 0.0513. The minimum atomic E-state index is -0.106. The van der Waals surface area contributed by atoms with Crippen molar-refractivity contribution in [1.29, 1.82) is 0 Å². The van der Waals surface area contributed by atoms with Crippen LogP contribution in [0.15, 0.2) is 41.6 Å². The molecule has 1 aromatic carbocycles. The van der Waals surface area contributed by atoms with Gasteiger partial charge in [0.1, 0.15) is 6.10 Å². The SMILES string of the molecule is CSc1ccccc1C(=O)N1CCCC(Oc2ncc(Cl)cn2)C1. The lowest BCUT2D eigenvalue weighted by Gasteiger charge is -2.32. The average Bonchev–Trinajstić information content (AvgIpc) is 2.63. The van der Waals surface area contributed by atoms with Gasteiger partial charge in [-0.25, -0.2) is 9.97 Å². The quantitative estimate of drug-likeness (QED) is 0.778. The van der Waals surface area contributed by atoms with Crippen molar-refractivity contribution < 1.29 is 9.53 Å². The van der Waals surface area contributed by atoms with Crippen molar-refractivity contribution in [2.24, 2.45) is 0 Å². The van der Waals surface area contributed by atoms with Gasteiger partial charge >= 0.3 is 6.01 Å². The maximum atomic E-state index is 12.8. The highest BCUT2D eigenvalue weighted by atomic mass is 35.5. The fraction of sp³-hybridized carbons (Fsp3) is 0.353. The van der Waals surface area contributed by atoms with Crippen LogP contribution in [0.2, 0.25) is 5.02 Å². The van der Waals surface area contributed by atoms with Crippen LogP contribution >= 0.6 is 23.4 Å². The molecule has 1 aliphatic heterocycles. The number of piperidine rings is 1. The molecule has 0 spiro atoms. The maximum Gasteiger partial charge on any atom is 0.316 e. The molecular formula is C17H18ClN3O2S. The molecule has 5 nitrogen and oxygen atoms in total. The number of thioether (sulfide) groups is 1. The topological polar surface area (TPSA) is 55.3 Å². The van der Waals surface area contributed by atoms with Gasteiger partial charge in [-0.2, -0.15) is 0 Å². The summed E-state index contributed by atoms with van der Waals surface area (Å²) in [5.74, 6) is 0.0466. The Morgan fingerprint density at radius 3 is 2.83 bits per heavy atom. The molecule has 1 aromatic heterocycles. The van der Waals surface area contributed by atoms with Gasteiger partial charge in [0.05, 0.1) is 29.5 Å². The van der Waals surface area contributed by atoms with Gasteiger partial charge in [0.15, 0.2) is 0 Å². The van der Waals surface area contributed by atoms with Crippen LogP contribution in [0.3, 0.4) is 0 Å². The molecule has 1 aliphatic rings. The van der Waals surface area contributed by atoms with Crippen molar-refractivity contribution in [3.05, 3.63) is 47.2 Å². The van der Waals surface area contributed by atoms with Crippen LogP contribution in [0.4, 0.5) is 0 Å². The average molecular weight is 364 g/mol. The van der Waals surface area contributed by atoms with Gasteiger partial charge in [0, 0.05) is 11.4 Å². The molecule has 1 fully saturated rings. The zero-order valence-corrected chi connectivity index (χ0v) is 14.9. The second-order valence-corrected chi connectivity index (χ2v) is 6.80. The molecule has 1 saturated heterocycles. The lowest BCUT2D eigenvalue weighted by atomic mass is 10.1. The predicted octanol–water partition coefficient (Wildman–Crippen LogP) is 3.54. The summed E-state index contributed by atoms with van der Waals surface area (Å²) in [5, 5.41) is 0.469. The van der Waals surface area contributed by atoms with E-state index in [1.54, 1.807) is 11.8 Å². The molecule has 0 bridgehead atoms. The van der Waals surface area contributed by atoms with Gasteiger partial charge < -0.3 is 9.64 Å². The lowest BCUT2D eigenvalue weighted by Crippen LogP contribution is -2.44. The molecule has 24 heavy (non-hydrogen) atoms. The van der Waals surface area contributed by atoms with E-state index in [2.05, 4.69) is 9.97 Å². The van der Waals surface area contributed by atoms with E-state index in [0.717, 1.165) is 29.8 Å². The zero-order chi connectivity index (χ0) is 16.9. The molecule has 1 amide bonds. The number of rotatable bonds is 4. The van der Waals surface area contributed by atoms with Gasteiger partial charge in [-0.1, -0.05) is 23.7 Å². The van der Waals surface area contributed by atoms with Crippen molar-refractivity contribution in [2.75, 3.05) is 19.3 Å². The molecule has 0 radical (unpaired) electrons. The zero-order valence-electron chi connectivity index (χ0n) is 13.3. The third-order valence-corrected chi connectivity index (χ3v) is 4.86. The number of aromatic nitrogens is 2. The standard InChI is InChI=1S/C17H18ClN3O2S/c1-24-15-7-3-2-6-14(15)16(22)21-8-4-5-13(11-21)23-17-19-9-12(18)10-20-17/h2-3,6-7,9-10,13H,4-5,8,11H2,1H3. The Morgan fingerprint density at radius 1 is 1.33 bits per heavy atom. The Bertz CT molecular complexity index is 711. The summed E-state index contributed by atoms with van der Waals surface area (Å²) < 4.78 is 5.80. The normalized spacial score (nSPS) is 17.6. The Balaban J connectivity index is 1.68. The highest BCUT2D eigenvalue weighted by Gasteiger charge is 2.27. The number of carbonyl (C=O) groups is 1. The first kappa shape index (κ1) is 17.0. The Kier molecular flexibility index (Phi) is 5.58. The smallest absolute Gasteiger partial charge is 0.316 e. The Labute approximate surface area is 150 Å². The minimum absolute atomic E-state index is 0.0466. The third kappa shape index (κ3) is 3.99. The van der Waals surface area contributed by atoms with E-state index in [1.165, 1.54) is 12.4 Å². The van der Waals surface area contributed by atoms with Crippen LogP contribution in [0, 0.1) is 0 Å². The molecule has 7 heteroatoms. The first-order valence-corrected chi connectivity index (χ1v) is 9.34. The first-order valence-electron chi connectivity index (χ1n) is 7.74. The number of carbonyl (C=O) groups excluding carboxylic acids is 1. The van der Waals surface area contributed by atoms with Crippen LogP contribution in [-0.2, 0) is 0 Å². The molecule has 3 rings (SSSR count). The third-order valence-electron chi connectivity index (χ3n) is 3.87. The van der Waals surface area contributed by atoms with E-state index in [1.807, 2.05) is 35.4 Å². The van der Waals surface area contributed by atoms with E-state index in [-0.39, 0.29) is 12.0 Å². The number of ether oxygens (including phenoxy) is 1. The van der Waals surface area contributed by atoms with Crippen LogP contribution in [0.1, 0.15) is 23.2 Å². The van der Waals surface area contributed by atoms with Crippen LogP contribution < -0.4 is 4.74 Å². The molecule has 2 heterocycles. The van der Waals surface area contributed by atoms with Gasteiger partial charge in [-0.3, -0.25) is 4.79 Å². The van der Waals surface area contributed by atoms with E-state index >= 15 is 0 Å². The molecule has 126 valence electrons. The number of benzene rings is 1. The van der Waals surface area contributed by atoms with Gasteiger partial charge in [0.2, 0.25) is 0 Å². The Hall–Kier alpha value is -1.79. The molecule has 1 unspecified atom stereocenters.